The van der Waals surface area contributed by atoms with Crippen LogP contribution in [-0.2, 0) is 4.74 Å². The van der Waals surface area contributed by atoms with Crippen molar-refractivity contribution in [3.63, 3.8) is 0 Å². The fourth-order valence-corrected chi connectivity index (χ4v) is 2.30. The molecular weight excluding hydrogens is 226 g/mol. The normalized spacial score (nSPS) is 18.7. The highest BCUT2D eigenvalue weighted by Crippen LogP contribution is 2.26. The number of nitrogens with zero attached hydrogens (tertiary/aromatic N) is 3. The molecule has 3 rings (SSSR count). The highest BCUT2D eigenvalue weighted by Gasteiger charge is 2.20. The summed E-state index contributed by atoms with van der Waals surface area (Å²) in [6.45, 7) is 1.54. The number of aromatic nitrogens is 2. The second-order valence-corrected chi connectivity index (χ2v) is 4.37. The van der Waals surface area contributed by atoms with Gasteiger partial charge in [-0.3, -0.25) is 0 Å². The van der Waals surface area contributed by atoms with E-state index in [1.165, 1.54) is 0 Å². The summed E-state index contributed by atoms with van der Waals surface area (Å²) < 4.78 is 7.56. The van der Waals surface area contributed by atoms with E-state index in [2.05, 4.69) is 15.6 Å². The molecule has 0 aliphatic carbocycles. The SMILES string of the molecule is N#Cc1cccc(-c2nccn2C2CCOC2)c1. The van der Waals surface area contributed by atoms with E-state index < -0.39 is 0 Å². The highest BCUT2D eigenvalue weighted by atomic mass is 16.5. The molecule has 2 aromatic rings. The Morgan fingerprint density at radius 2 is 2.39 bits per heavy atom. The highest BCUT2D eigenvalue weighted by molar-refractivity contribution is 5.58. The molecule has 1 atom stereocenters. The van der Waals surface area contributed by atoms with Crippen LogP contribution in [0.4, 0.5) is 0 Å². The quantitative estimate of drug-likeness (QED) is 0.808. The van der Waals surface area contributed by atoms with Crippen LogP contribution in [0.1, 0.15) is 18.0 Å². The van der Waals surface area contributed by atoms with Gasteiger partial charge in [0.1, 0.15) is 5.82 Å². The average molecular weight is 239 g/mol. The molecule has 1 aliphatic heterocycles. The summed E-state index contributed by atoms with van der Waals surface area (Å²) >= 11 is 0. The molecule has 0 bridgehead atoms. The Hall–Kier alpha value is -2.12. The molecule has 1 saturated heterocycles. The summed E-state index contributed by atoms with van der Waals surface area (Å²) in [5.74, 6) is 0.905. The van der Waals surface area contributed by atoms with Crippen molar-refractivity contribution in [2.24, 2.45) is 0 Å². The molecule has 1 aliphatic rings. The Labute approximate surface area is 105 Å². The van der Waals surface area contributed by atoms with Gasteiger partial charge in [0, 0.05) is 24.6 Å². The minimum absolute atomic E-state index is 0.355. The molecular formula is C14H13N3O. The van der Waals surface area contributed by atoms with E-state index >= 15 is 0 Å². The van der Waals surface area contributed by atoms with Crippen LogP contribution in [0.5, 0.6) is 0 Å². The van der Waals surface area contributed by atoms with Gasteiger partial charge in [0.2, 0.25) is 0 Å². The Balaban J connectivity index is 2.01. The van der Waals surface area contributed by atoms with Crippen molar-refractivity contribution in [3.8, 4) is 17.5 Å². The van der Waals surface area contributed by atoms with Gasteiger partial charge in [-0.05, 0) is 18.6 Å². The molecule has 0 N–H and O–H groups in total. The molecule has 0 amide bonds. The monoisotopic (exact) mass is 239 g/mol. The molecule has 1 aromatic carbocycles. The van der Waals surface area contributed by atoms with Crippen molar-refractivity contribution in [2.45, 2.75) is 12.5 Å². The standard InChI is InChI=1S/C14H13N3O/c15-9-11-2-1-3-12(8-11)14-16-5-6-17(14)13-4-7-18-10-13/h1-3,5-6,8,13H,4,7,10H2. The minimum atomic E-state index is 0.355. The van der Waals surface area contributed by atoms with Crippen LogP contribution in [0.3, 0.4) is 0 Å². The number of ether oxygens (including phenoxy) is 1. The van der Waals surface area contributed by atoms with Gasteiger partial charge in [-0.25, -0.2) is 4.98 Å². The lowest BCUT2D eigenvalue weighted by Gasteiger charge is -2.13. The van der Waals surface area contributed by atoms with E-state index in [9.17, 15) is 0 Å². The maximum atomic E-state index is 8.94. The van der Waals surface area contributed by atoms with Crippen molar-refractivity contribution in [1.82, 2.24) is 9.55 Å². The van der Waals surface area contributed by atoms with E-state index in [0.29, 0.717) is 11.6 Å². The predicted molar refractivity (Wildman–Crippen MR) is 66.9 cm³/mol. The molecule has 2 heterocycles. The first-order valence-electron chi connectivity index (χ1n) is 5.99. The Morgan fingerprint density at radius 3 is 3.17 bits per heavy atom. The fraction of sp³-hybridized carbons (Fsp3) is 0.286. The number of rotatable bonds is 2. The van der Waals surface area contributed by atoms with Crippen molar-refractivity contribution < 1.29 is 4.74 Å². The van der Waals surface area contributed by atoms with Crippen LogP contribution < -0.4 is 0 Å². The zero-order valence-electron chi connectivity index (χ0n) is 9.91. The van der Waals surface area contributed by atoms with Gasteiger partial charge in [0.15, 0.2) is 0 Å². The van der Waals surface area contributed by atoms with E-state index in [1.807, 2.05) is 24.4 Å². The minimum Gasteiger partial charge on any atom is -0.379 e. The zero-order valence-corrected chi connectivity index (χ0v) is 9.91. The lowest BCUT2D eigenvalue weighted by molar-refractivity contribution is 0.187. The maximum Gasteiger partial charge on any atom is 0.140 e. The van der Waals surface area contributed by atoms with Crippen LogP contribution in [0.25, 0.3) is 11.4 Å². The van der Waals surface area contributed by atoms with Gasteiger partial charge < -0.3 is 9.30 Å². The summed E-state index contributed by atoms with van der Waals surface area (Å²) in [5.41, 5.74) is 1.63. The van der Waals surface area contributed by atoms with Gasteiger partial charge in [0.05, 0.1) is 24.3 Å². The number of hydrogen-bond acceptors (Lipinski definition) is 3. The van der Waals surface area contributed by atoms with E-state index in [1.54, 1.807) is 12.3 Å². The number of imidazole rings is 1. The summed E-state index contributed by atoms with van der Waals surface area (Å²) in [5, 5.41) is 8.94. The lowest BCUT2D eigenvalue weighted by Crippen LogP contribution is -2.09. The molecule has 90 valence electrons. The predicted octanol–water partition coefficient (Wildman–Crippen LogP) is 2.38. The van der Waals surface area contributed by atoms with E-state index in [0.717, 1.165) is 31.0 Å². The largest absolute Gasteiger partial charge is 0.379 e. The third-order valence-electron chi connectivity index (χ3n) is 3.22. The summed E-state index contributed by atoms with van der Waals surface area (Å²) in [7, 11) is 0. The average Bonchev–Trinajstić information content (AvgIpc) is 3.09. The zero-order chi connectivity index (χ0) is 12.4. The van der Waals surface area contributed by atoms with Gasteiger partial charge in [-0.15, -0.1) is 0 Å². The fourth-order valence-electron chi connectivity index (χ4n) is 2.30. The van der Waals surface area contributed by atoms with Crippen molar-refractivity contribution in [2.75, 3.05) is 13.2 Å². The molecule has 0 spiro atoms. The first-order valence-corrected chi connectivity index (χ1v) is 5.99. The summed E-state index contributed by atoms with van der Waals surface area (Å²) in [6.07, 6.45) is 4.79. The lowest BCUT2D eigenvalue weighted by atomic mass is 10.1. The topological polar surface area (TPSA) is 50.8 Å². The molecule has 4 nitrogen and oxygen atoms in total. The van der Waals surface area contributed by atoms with Crippen LogP contribution in [0.15, 0.2) is 36.7 Å². The molecule has 1 fully saturated rings. The van der Waals surface area contributed by atoms with Gasteiger partial charge in [-0.2, -0.15) is 5.26 Å². The Morgan fingerprint density at radius 1 is 1.44 bits per heavy atom. The Bertz CT molecular complexity index is 591. The van der Waals surface area contributed by atoms with Crippen molar-refractivity contribution in [1.29, 1.82) is 5.26 Å². The molecule has 1 aromatic heterocycles. The second kappa shape index (κ2) is 4.63. The van der Waals surface area contributed by atoms with Crippen molar-refractivity contribution >= 4 is 0 Å². The van der Waals surface area contributed by atoms with Crippen molar-refractivity contribution in [3.05, 3.63) is 42.2 Å². The van der Waals surface area contributed by atoms with Gasteiger partial charge in [-0.1, -0.05) is 12.1 Å². The molecule has 18 heavy (non-hydrogen) atoms. The number of benzene rings is 1. The molecule has 1 unspecified atom stereocenters. The van der Waals surface area contributed by atoms with Gasteiger partial charge >= 0.3 is 0 Å². The van der Waals surface area contributed by atoms with Gasteiger partial charge in [0.25, 0.3) is 0 Å². The summed E-state index contributed by atoms with van der Waals surface area (Å²) in [6, 6.07) is 10.1. The van der Waals surface area contributed by atoms with Crippen LogP contribution in [0, 0.1) is 11.3 Å². The third kappa shape index (κ3) is 1.89. The molecule has 0 saturated carbocycles. The third-order valence-corrected chi connectivity index (χ3v) is 3.22. The van der Waals surface area contributed by atoms with Crippen LogP contribution in [-0.4, -0.2) is 22.8 Å². The first kappa shape index (κ1) is 11.0. The smallest absolute Gasteiger partial charge is 0.140 e. The maximum absolute atomic E-state index is 8.94. The molecule has 0 radical (unpaired) electrons. The summed E-state index contributed by atoms with van der Waals surface area (Å²) in [4.78, 5) is 4.40. The van der Waals surface area contributed by atoms with E-state index in [4.69, 9.17) is 10.00 Å². The van der Waals surface area contributed by atoms with Crippen LogP contribution >= 0.6 is 0 Å². The second-order valence-electron chi connectivity index (χ2n) is 4.37. The number of hydrogen-bond donors (Lipinski definition) is 0. The number of nitriles is 1. The molecule has 4 heteroatoms. The first-order chi connectivity index (χ1) is 8.88. The Kier molecular flexibility index (Phi) is 2.83. The van der Waals surface area contributed by atoms with E-state index in [-0.39, 0.29) is 0 Å². The van der Waals surface area contributed by atoms with Crippen LogP contribution in [0.2, 0.25) is 0 Å².